The SMILES string of the molecule is C[C@@H]1S[C@@H](c2cccs2)N(CCN(C)C)C1=O. The molecule has 1 amide bonds. The Morgan fingerprint density at radius 2 is 2.24 bits per heavy atom. The van der Waals surface area contributed by atoms with Crippen LogP contribution in [0.25, 0.3) is 0 Å². The first-order chi connectivity index (χ1) is 8.09. The molecule has 2 atom stereocenters. The maximum Gasteiger partial charge on any atom is 0.236 e. The van der Waals surface area contributed by atoms with E-state index >= 15 is 0 Å². The zero-order valence-corrected chi connectivity index (χ0v) is 12.1. The first kappa shape index (κ1) is 12.9. The summed E-state index contributed by atoms with van der Waals surface area (Å²) >= 11 is 3.49. The molecule has 0 aromatic carbocycles. The van der Waals surface area contributed by atoms with Crippen molar-refractivity contribution in [3.05, 3.63) is 22.4 Å². The Hall–Kier alpha value is -0.520. The molecule has 94 valence electrons. The highest BCUT2D eigenvalue weighted by atomic mass is 32.2. The molecule has 17 heavy (non-hydrogen) atoms. The molecule has 0 spiro atoms. The summed E-state index contributed by atoms with van der Waals surface area (Å²) in [6.45, 7) is 3.73. The summed E-state index contributed by atoms with van der Waals surface area (Å²) in [6.07, 6.45) is 0. The fraction of sp³-hybridized carbons (Fsp3) is 0.583. The van der Waals surface area contributed by atoms with Gasteiger partial charge in [-0.15, -0.1) is 23.1 Å². The van der Waals surface area contributed by atoms with E-state index in [1.807, 2.05) is 25.9 Å². The Balaban J connectivity index is 2.11. The van der Waals surface area contributed by atoms with E-state index in [2.05, 4.69) is 22.4 Å². The largest absolute Gasteiger partial charge is 0.323 e. The third-order valence-electron chi connectivity index (χ3n) is 2.82. The molecule has 0 aliphatic carbocycles. The van der Waals surface area contributed by atoms with Crippen LogP contribution in [0.3, 0.4) is 0 Å². The molecule has 1 aromatic heterocycles. The van der Waals surface area contributed by atoms with Gasteiger partial charge < -0.3 is 9.80 Å². The zero-order chi connectivity index (χ0) is 12.4. The number of nitrogens with zero attached hydrogens (tertiary/aromatic N) is 2. The molecule has 0 bridgehead atoms. The van der Waals surface area contributed by atoms with Crippen LogP contribution in [0.2, 0.25) is 0 Å². The maximum absolute atomic E-state index is 12.1. The van der Waals surface area contributed by atoms with Crippen LogP contribution in [0.15, 0.2) is 17.5 Å². The number of hydrogen-bond donors (Lipinski definition) is 0. The van der Waals surface area contributed by atoms with Crippen LogP contribution in [0.4, 0.5) is 0 Å². The highest BCUT2D eigenvalue weighted by Crippen LogP contribution is 2.44. The van der Waals surface area contributed by atoms with E-state index in [1.54, 1.807) is 23.1 Å². The third kappa shape index (κ3) is 2.84. The van der Waals surface area contributed by atoms with Gasteiger partial charge in [-0.2, -0.15) is 0 Å². The number of thioether (sulfide) groups is 1. The van der Waals surface area contributed by atoms with E-state index in [-0.39, 0.29) is 16.5 Å². The van der Waals surface area contributed by atoms with Gasteiger partial charge in [-0.3, -0.25) is 4.79 Å². The molecule has 2 heterocycles. The Kier molecular flexibility index (Phi) is 4.12. The quantitative estimate of drug-likeness (QED) is 0.838. The number of likely N-dealkylation sites (N-methyl/N-ethyl adjacent to an activating group) is 1. The Labute approximate surface area is 111 Å². The van der Waals surface area contributed by atoms with E-state index in [1.165, 1.54) is 4.88 Å². The van der Waals surface area contributed by atoms with Crippen molar-refractivity contribution < 1.29 is 4.79 Å². The van der Waals surface area contributed by atoms with Gasteiger partial charge in [-0.1, -0.05) is 6.07 Å². The summed E-state index contributed by atoms with van der Waals surface area (Å²) in [4.78, 5) is 17.5. The Bertz CT molecular complexity index is 378. The molecule has 0 unspecified atom stereocenters. The van der Waals surface area contributed by atoms with Crippen molar-refractivity contribution in [1.29, 1.82) is 0 Å². The highest BCUT2D eigenvalue weighted by Gasteiger charge is 2.38. The van der Waals surface area contributed by atoms with Gasteiger partial charge >= 0.3 is 0 Å². The number of amides is 1. The second kappa shape index (κ2) is 5.42. The van der Waals surface area contributed by atoms with Gasteiger partial charge in [0.15, 0.2) is 0 Å². The van der Waals surface area contributed by atoms with Gasteiger partial charge in [-0.05, 0) is 32.5 Å². The van der Waals surface area contributed by atoms with Gasteiger partial charge in [0, 0.05) is 18.0 Å². The number of carbonyl (C=O) groups is 1. The predicted octanol–water partition coefficient (Wildman–Crippen LogP) is 2.27. The third-order valence-corrected chi connectivity index (χ3v) is 5.27. The van der Waals surface area contributed by atoms with Crippen molar-refractivity contribution in [2.75, 3.05) is 27.2 Å². The summed E-state index contributed by atoms with van der Waals surface area (Å²) in [7, 11) is 4.08. The Morgan fingerprint density at radius 1 is 1.47 bits per heavy atom. The average Bonchev–Trinajstić information content (AvgIpc) is 2.87. The summed E-state index contributed by atoms with van der Waals surface area (Å²) in [6, 6.07) is 4.18. The molecule has 0 N–H and O–H groups in total. The van der Waals surface area contributed by atoms with E-state index < -0.39 is 0 Å². The number of hydrogen-bond acceptors (Lipinski definition) is 4. The number of thiophene rings is 1. The smallest absolute Gasteiger partial charge is 0.236 e. The van der Waals surface area contributed by atoms with Crippen LogP contribution in [0, 0.1) is 0 Å². The van der Waals surface area contributed by atoms with E-state index in [0.29, 0.717) is 0 Å². The van der Waals surface area contributed by atoms with E-state index in [9.17, 15) is 4.79 Å². The topological polar surface area (TPSA) is 23.6 Å². The summed E-state index contributed by atoms with van der Waals surface area (Å²) in [5.41, 5.74) is 0. The van der Waals surface area contributed by atoms with Gasteiger partial charge in [0.1, 0.15) is 5.37 Å². The predicted molar refractivity (Wildman–Crippen MR) is 74.4 cm³/mol. The zero-order valence-electron chi connectivity index (χ0n) is 10.4. The van der Waals surface area contributed by atoms with Crippen molar-refractivity contribution in [3.8, 4) is 0 Å². The van der Waals surface area contributed by atoms with Crippen LogP contribution in [-0.4, -0.2) is 48.1 Å². The molecule has 1 aromatic rings. The van der Waals surface area contributed by atoms with Crippen LogP contribution >= 0.6 is 23.1 Å². The molecule has 1 aliphatic rings. The lowest BCUT2D eigenvalue weighted by atomic mass is 10.3. The van der Waals surface area contributed by atoms with Gasteiger partial charge in [0.2, 0.25) is 5.91 Å². The molecule has 5 heteroatoms. The molecule has 1 fully saturated rings. The number of carbonyl (C=O) groups excluding carboxylic acids is 1. The van der Waals surface area contributed by atoms with E-state index in [4.69, 9.17) is 0 Å². The van der Waals surface area contributed by atoms with Crippen molar-refractivity contribution in [1.82, 2.24) is 9.80 Å². The van der Waals surface area contributed by atoms with Crippen LogP contribution in [0.1, 0.15) is 17.2 Å². The average molecular weight is 270 g/mol. The minimum absolute atomic E-state index is 0.0873. The second-order valence-corrected chi connectivity index (χ2v) is 6.89. The van der Waals surface area contributed by atoms with Crippen LogP contribution < -0.4 is 0 Å². The maximum atomic E-state index is 12.1. The van der Waals surface area contributed by atoms with Gasteiger partial charge in [-0.25, -0.2) is 0 Å². The second-order valence-electron chi connectivity index (χ2n) is 4.48. The molecular weight excluding hydrogens is 252 g/mol. The summed E-state index contributed by atoms with van der Waals surface area (Å²) < 4.78 is 0. The lowest BCUT2D eigenvalue weighted by molar-refractivity contribution is -0.129. The lowest BCUT2D eigenvalue weighted by Crippen LogP contribution is -2.35. The highest BCUT2D eigenvalue weighted by molar-refractivity contribution is 8.01. The lowest BCUT2D eigenvalue weighted by Gasteiger charge is -2.24. The first-order valence-electron chi connectivity index (χ1n) is 5.73. The molecule has 2 rings (SSSR count). The molecule has 1 aliphatic heterocycles. The van der Waals surface area contributed by atoms with Crippen LogP contribution in [-0.2, 0) is 4.79 Å². The van der Waals surface area contributed by atoms with Crippen molar-refractivity contribution in [2.45, 2.75) is 17.5 Å². The first-order valence-corrected chi connectivity index (χ1v) is 7.56. The van der Waals surface area contributed by atoms with Gasteiger partial charge in [0.05, 0.1) is 5.25 Å². The molecule has 0 saturated carbocycles. The molecular formula is C12H18N2OS2. The van der Waals surface area contributed by atoms with Crippen LogP contribution in [0.5, 0.6) is 0 Å². The minimum atomic E-state index is 0.0873. The number of rotatable bonds is 4. The molecule has 0 radical (unpaired) electrons. The Morgan fingerprint density at radius 3 is 2.82 bits per heavy atom. The fourth-order valence-corrected chi connectivity index (χ4v) is 4.12. The van der Waals surface area contributed by atoms with Gasteiger partial charge in [0.25, 0.3) is 0 Å². The fourth-order valence-electron chi connectivity index (χ4n) is 1.86. The summed E-state index contributed by atoms with van der Waals surface area (Å²) in [5.74, 6) is 0.273. The molecule has 3 nitrogen and oxygen atoms in total. The monoisotopic (exact) mass is 270 g/mol. The van der Waals surface area contributed by atoms with E-state index in [0.717, 1.165) is 13.1 Å². The minimum Gasteiger partial charge on any atom is -0.323 e. The van der Waals surface area contributed by atoms with Crippen molar-refractivity contribution >= 4 is 29.0 Å². The van der Waals surface area contributed by atoms with Crippen molar-refractivity contribution in [3.63, 3.8) is 0 Å². The summed E-state index contributed by atoms with van der Waals surface area (Å²) in [5, 5.41) is 2.38. The van der Waals surface area contributed by atoms with Crippen molar-refractivity contribution in [2.24, 2.45) is 0 Å². The standard InChI is InChI=1S/C12H18N2OS2/c1-9-11(15)14(7-6-13(2)3)12(17-9)10-5-4-8-16-10/h4-5,8-9,12H,6-7H2,1-3H3/t9-,12-/m0/s1. The molecule has 1 saturated heterocycles. The normalized spacial score (nSPS) is 24.9.